The fraction of sp³-hybridized carbons (Fsp3) is 0.556. The summed E-state index contributed by atoms with van der Waals surface area (Å²) in [7, 11) is 0. The molecule has 2 unspecified atom stereocenters. The van der Waals surface area contributed by atoms with Crippen LogP contribution < -0.4 is 11.1 Å². The number of halogens is 1. The van der Waals surface area contributed by atoms with Crippen molar-refractivity contribution in [1.29, 1.82) is 0 Å². The van der Waals surface area contributed by atoms with Gasteiger partial charge in [-0.25, -0.2) is 0 Å². The van der Waals surface area contributed by atoms with Crippen molar-refractivity contribution in [1.82, 2.24) is 10.2 Å². The predicted octanol–water partition coefficient (Wildman–Crippen LogP) is 2.12. The van der Waals surface area contributed by atoms with E-state index in [1.807, 2.05) is 42.2 Å². The molecule has 1 aromatic rings. The van der Waals surface area contributed by atoms with Gasteiger partial charge >= 0.3 is 0 Å². The van der Waals surface area contributed by atoms with Crippen molar-refractivity contribution in [3.05, 3.63) is 35.9 Å². The Morgan fingerprint density at radius 2 is 1.83 bits per heavy atom. The fourth-order valence-corrected chi connectivity index (χ4v) is 2.98. The van der Waals surface area contributed by atoms with Gasteiger partial charge < -0.3 is 16.0 Å². The number of carbonyl (C=O) groups excluding carboxylic acids is 2. The van der Waals surface area contributed by atoms with Crippen molar-refractivity contribution in [2.24, 2.45) is 17.6 Å². The molecule has 3 N–H and O–H groups in total. The van der Waals surface area contributed by atoms with E-state index in [0.717, 1.165) is 31.5 Å². The summed E-state index contributed by atoms with van der Waals surface area (Å²) in [4.78, 5) is 25.5. The molecule has 0 aliphatic carbocycles. The first-order chi connectivity index (χ1) is 11.0. The van der Waals surface area contributed by atoms with Crippen LogP contribution in [-0.2, 0) is 9.59 Å². The van der Waals surface area contributed by atoms with Crippen LogP contribution in [-0.4, -0.2) is 36.3 Å². The zero-order chi connectivity index (χ0) is 16.8. The lowest BCUT2D eigenvalue weighted by molar-refractivity contribution is -0.130. The lowest BCUT2D eigenvalue weighted by Crippen LogP contribution is -2.42. The first-order valence-corrected chi connectivity index (χ1v) is 8.32. The van der Waals surface area contributed by atoms with Gasteiger partial charge in [-0.05, 0) is 24.3 Å². The highest BCUT2D eigenvalue weighted by Crippen LogP contribution is 2.20. The van der Waals surface area contributed by atoms with Gasteiger partial charge in [0, 0.05) is 32.6 Å². The van der Waals surface area contributed by atoms with Crippen molar-refractivity contribution in [3.8, 4) is 0 Å². The Kier molecular flexibility index (Phi) is 8.22. The minimum atomic E-state index is -0.296. The second-order valence-electron chi connectivity index (χ2n) is 6.42. The van der Waals surface area contributed by atoms with E-state index in [-0.39, 0.29) is 36.2 Å². The van der Waals surface area contributed by atoms with Gasteiger partial charge in [-0.3, -0.25) is 9.59 Å². The number of benzene rings is 1. The molecule has 2 amide bonds. The number of piperidine rings is 1. The Balaban J connectivity index is 0.00000288. The summed E-state index contributed by atoms with van der Waals surface area (Å²) >= 11 is 0. The van der Waals surface area contributed by atoms with Gasteiger partial charge in [0.25, 0.3) is 0 Å². The molecule has 1 heterocycles. The third kappa shape index (κ3) is 5.49. The van der Waals surface area contributed by atoms with Crippen LogP contribution in [0.2, 0.25) is 0 Å². The Morgan fingerprint density at radius 3 is 2.38 bits per heavy atom. The number of nitrogens with zero attached hydrogens (tertiary/aromatic N) is 1. The van der Waals surface area contributed by atoms with Crippen LogP contribution >= 0.6 is 12.4 Å². The molecule has 0 bridgehead atoms. The van der Waals surface area contributed by atoms with Gasteiger partial charge in [0.05, 0.1) is 5.92 Å². The van der Waals surface area contributed by atoms with Gasteiger partial charge in [-0.1, -0.05) is 37.3 Å². The van der Waals surface area contributed by atoms with Crippen LogP contribution in [0.25, 0.3) is 0 Å². The van der Waals surface area contributed by atoms with Crippen LogP contribution in [0.3, 0.4) is 0 Å². The van der Waals surface area contributed by atoms with E-state index in [2.05, 4.69) is 5.32 Å². The first kappa shape index (κ1) is 20.5. The number of rotatable bonds is 5. The number of nitrogens with one attached hydrogen (secondary N) is 1. The van der Waals surface area contributed by atoms with Crippen LogP contribution in [0.4, 0.5) is 0 Å². The van der Waals surface area contributed by atoms with E-state index in [9.17, 15) is 9.59 Å². The molecule has 1 aromatic carbocycles. The normalized spacial score (nSPS) is 17.5. The van der Waals surface area contributed by atoms with Crippen molar-refractivity contribution in [2.75, 3.05) is 19.6 Å². The van der Waals surface area contributed by atoms with Gasteiger partial charge in [0.1, 0.15) is 0 Å². The molecular formula is C18H28ClN3O2. The minimum Gasteiger partial charge on any atom is -0.356 e. The van der Waals surface area contributed by atoms with E-state index < -0.39 is 0 Å². The average Bonchev–Trinajstić information content (AvgIpc) is 2.59. The van der Waals surface area contributed by atoms with Crippen molar-refractivity contribution >= 4 is 24.2 Å². The van der Waals surface area contributed by atoms with Crippen LogP contribution in [0.5, 0.6) is 0 Å². The molecular weight excluding hydrogens is 326 g/mol. The summed E-state index contributed by atoms with van der Waals surface area (Å²) in [6.07, 6.45) is 1.89. The molecule has 1 aliphatic rings. The summed E-state index contributed by atoms with van der Waals surface area (Å²) in [5, 5.41) is 3.02. The Morgan fingerprint density at radius 1 is 1.25 bits per heavy atom. The topological polar surface area (TPSA) is 75.4 Å². The van der Waals surface area contributed by atoms with E-state index >= 15 is 0 Å². The molecule has 0 radical (unpaired) electrons. The van der Waals surface area contributed by atoms with Crippen molar-refractivity contribution in [3.63, 3.8) is 0 Å². The largest absolute Gasteiger partial charge is 0.356 e. The standard InChI is InChI=1S/C18H27N3O2.ClH/c1-13(17(19)16-6-4-3-5-7-16)18(23)20-12-15-8-10-21(11-9-15)14(2)22;/h3-7,13,15,17H,8-12,19H2,1-2H3,(H,20,23);1H. The number of nitrogens with two attached hydrogens (primary N) is 1. The molecule has 2 rings (SSSR count). The summed E-state index contributed by atoms with van der Waals surface area (Å²) < 4.78 is 0. The molecule has 134 valence electrons. The lowest BCUT2D eigenvalue weighted by Gasteiger charge is -2.31. The molecule has 0 spiro atoms. The second kappa shape index (κ2) is 9.64. The molecule has 1 aliphatic heterocycles. The van der Waals surface area contributed by atoms with E-state index in [0.29, 0.717) is 12.5 Å². The van der Waals surface area contributed by atoms with Gasteiger partial charge in [0.15, 0.2) is 0 Å². The zero-order valence-electron chi connectivity index (χ0n) is 14.4. The number of amides is 2. The van der Waals surface area contributed by atoms with Crippen molar-refractivity contribution < 1.29 is 9.59 Å². The van der Waals surface area contributed by atoms with Crippen LogP contribution in [0.15, 0.2) is 30.3 Å². The Bertz CT molecular complexity index is 530. The van der Waals surface area contributed by atoms with E-state index in [1.54, 1.807) is 6.92 Å². The molecule has 0 aromatic heterocycles. The average molecular weight is 354 g/mol. The third-order valence-corrected chi connectivity index (χ3v) is 4.76. The van der Waals surface area contributed by atoms with Gasteiger partial charge in [-0.15, -0.1) is 12.4 Å². The zero-order valence-corrected chi connectivity index (χ0v) is 15.2. The third-order valence-electron chi connectivity index (χ3n) is 4.76. The molecule has 2 atom stereocenters. The predicted molar refractivity (Wildman–Crippen MR) is 97.8 cm³/mol. The maximum atomic E-state index is 12.3. The fourth-order valence-electron chi connectivity index (χ4n) is 2.98. The SMILES string of the molecule is CC(=O)N1CCC(CNC(=O)C(C)C(N)c2ccccc2)CC1.Cl. The molecule has 0 saturated carbocycles. The van der Waals surface area contributed by atoms with E-state index in [4.69, 9.17) is 5.73 Å². The lowest BCUT2D eigenvalue weighted by atomic mass is 9.93. The monoisotopic (exact) mass is 353 g/mol. The highest BCUT2D eigenvalue weighted by atomic mass is 35.5. The molecule has 1 saturated heterocycles. The minimum absolute atomic E-state index is 0. The number of hydrogen-bond acceptors (Lipinski definition) is 3. The van der Waals surface area contributed by atoms with Crippen LogP contribution in [0.1, 0.15) is 38.3 Å². The highest BCUT2D eigenvalue weighted by Gasteiger charge is 2.24. The number of hydrogen-bond donors (Lipinski definition) is 2. The quantitative estimate of drug-likeness (QED) is 0.851. The number of carbonyl (C=O) groups is 2. The first-order valence-electron chi connectivity index (χ1n) is 8.32. The van der Waals surface area contributed by atoms with Gasteiger partial charge in [0.2, 0.25) is 11.8 Å². The number of likely N-dealkylation sites (tertiary alicyclic amines) is 1. The van der Waals surface area contributed by atoms with Gasteiger partial charge in [-0.2, -0.15) is 0 Å². The van der Waals surface area contributed by atoms with Crippen LogP contribution in [0, 0.1) is 11.8 Å². The summed E-state index contributed by atoms with van der Waals surface area (Å²) in [6.45, 7) is 5.71. The summed E-state index contributed by atoms with van der Waals surface area (Å²) in [5.41, 5.74) is 7.17. The smallest absolute Gasteiger partial charge is 0.224 e. The van der Waals surface area contributed by atoms with Crippen molar-refractivity contribution in [2.45, 2.75) is 32.7 Å². The molecule has 5 nitrogen and oxygen atoms in total. The second-order valence-corrected chi connectivity index (χ2v) is 6.42. The highest BCUT2D eigenvalue weighted by molar-refractivity contribution is 5.85. The maximum absolute atomic E-state index is 12.3. The summed E-state index contributed by atoms with van der Waals surface area (Å²) in [6, 6.07) is 9.41. The summed E-state index contributed by atoms with van der Waals surface area (Å²) in [5.74, 6) is 0.301. The molecule has 24 heavy (non-hydrogen) atoms. The Labute approximate surface area is 150 Å². The molecule has 1 fully saturated rings. The Hall–Kier alpha value is -1.59. The van der Waals surface area contributed by atoms with E-state index in [1.165, 1.54) is 0 Å². The molecule has 6 heteroatoms. The maximum Gasteiger partial charge on any atom is 0.224 e.